The van der Waals surface area contributed by atoms with Gasteiger partial charge in [0.1, 0.15) is 5.82 Å². The zero-order valence-corrected chi connectivity index (χ0v) is 13.0. The smallest absolute Gasteiger partial charge is 0.295 e. The van der Waals surface area contributed by atoms with E-state index in [0.29, 0.717) is 16.5 Å². The Bertz CT molecular complexity index is 638. The summed E-state index contributed by atoms with van der Waals surface area (Å²) < 4.78 is 0. The number of benzene rings is 1. The number of aryl methyl sites for hydroxylation is 1. The minimum absolute atomic E-state index is 0.128. The Balaban J connectivity index is 2.20. The maximum atomic E-state index is 12.2. The number of hydrogen-bond donors (Lipinski definition) is 2. The second-order valence-electron chi connectivity index (χ2n) is 4.87. The molecule has 2 N–H and O–H groups in total. The van der Waals surface area contributed by atoms with E-state index >= 15 is 0 Å². The molecule has 0 spiro atoms. The predicted octanol–water partition coefficient (Wildman–Crippen LogP) is 2.73. The van der Waals surface area contributed by atoms with Crippen LogP contribution in [0.1, 0.15) is 29.8 Å². The van der Waals surface area contributed by atoms with Gasteiger partial charge in [0.2, 0.25) is 5.82 Å². The second-order valence-corrected chi connectivity index (χ2v) is 5.30. The van der Waals surface area contributed by atoms with Gasteiger partial charge in [-0.2, -0.15) is 0 Å². The van der Waals surface area contributed by atoms with Crippen molar-refractivity contribution in [1.82, 2.24) is 15.2 Å². The molecule has 112 valence electrons. The number of H-pyrrole nitrogens is 1. The van der Waals surface area contributed by atoms with Gasteiger partial charge in [0.05, 0.1) is 11.4 Å². The molecule has 1 aromatic heterocycles. The zero-order chi connectivity index (χ0) is 15.4. The number of aromatic nitrogens is 3. The quantitative estimate of drug-likeness (QED) is 0.890. The highest BCUT2D eigenvalue weighted by atomic mass is 35.5. The number of hydrogen-bond acceptors (Lipinski definition) is 4. The van der Waals surface area contributed by atoms with Gasteiger partial charge in [0.15, 0.2) is 0 Å². The van der Waals surface area contributed by atoms with Crippen LogP contribution < -0.4 is 10.2 Å². The van der Waals surface area contributed by atoms with Crippen molar-refractivity contribution in [2.75, 3.05) is 24.3 Å². The van der Waals surface area contributed by atoms with Gasteiger partial charge in [-0.05, 0) is 24.6 Å². The third-order valence-corrected chi connectivity index (χ3v) is 3.15. The molecule has 0 saturated heterocycles. The van der Waals surface area contributed by atoms with E-state index in [0.717, 1.165) is 18.5 Å². The van der Waals surface area contributed by atoms with Crippen molar-refractivity contribution >= 4 is 28.9 Å². The van der Waals surface area contributed by atoms with E-state index in [1.807, 2.05) is 32.0 Å². The van der Waals surface area contributed by atoms with Crippen molar-refractivity contribution < 1.29 is 4.79 Å². The molecule has 1 amide bonds. The van der Waals surface area contributed by atoms with E-state index < -0.39 is 0 Å². The van der Waals surface area contributed by atoms with Crippen molar-refractivity contribution in [2.24, 2.45) is 0 Å². The van der Waals surface area contributed by atoms with Crippen LogP contribution in [0.5, 0.6) is 0 Å². The molecule has 0 bridgehead atoms. The van der Waals surface area contributed by atoms with Crippen LogP contribution >= 0.6 is 11.6 Å². The summed E-state index contributed by atoms with van der Waals surface area (Å²) in [5.74, 6) is 0.476. The third-order valence-electron chi connectivity index (χ3n) is 2.91. The van der Waals surface area contributed by atoms with Crippen LogP contribution in [-0.2, 0) is 6.42 Å². The molecule has 21 heavy (non-hydrogen) atoms. The Morgan fingerprint density at radius 1 is 1.43 bits per heavy atom. The van der Waals surface area contributed by atoms with Crippen LogP contribution in [0.3, 0.4) is 0 Å². The maximum Gasteiger partial charge on any atom is 0.295 e. The fourth-order valence-corrected chi connectivity index (χ4v) is 2.09. The number of carbonyl (C=O) groups is 1. The molecule has 0 saturated carbocycles. The molecule has 2 aromatic rings. The first-order chi connectivity index (χ1) is 10.0. The van der Waals surface area contributed by atoms with Gasteiger partial charge in [-0.3, -0.25) is 9.89 Å². The SMILES string of the molecule is CCCc1nc(C(=O)Nc2cc(Cl)ccc2N(C)C)n[nH]1. The number of halogens is 1. The number of carbonyl (C=O) groups excluding carboxylic acids is 1. The van der Waals surface area contributed by atoms with Gasteiger partial charge in [0, 0.05) is 25.5 Å². The topological polar surface area (TPSA) is 73.9 Å². The first kappa shape index (κ1) is 15.3. The van der Waals surface area contributed by atoms with E-state index in [1.165, 1.54) is 0 Å². The van der Waals surface area contributed by atoms with Crippen molar-refractivity contribution in [3.8, 4) is 0 Å². The van der Waals surface area contributed by atoms with E-state index in [-0.39, 0.29) is 11.7 Å². The van der Waals surface area contributed by atoms with Crippen LogP contribution in [0.2, 0.25) is 5.02 Å². The number of amides is 1. The summed E-state index contributed by atoms with van der Waals surface area (Å²) in [6, 6.07) is 5.32. The summed E-state index contributed by atoms with van der Waals surface area (Å²) in [5.41, 5.74) is 1.48. The first-order valence-electron chi connectivity index (χ1n) is 6.70. The lowest BCUT2D eigenvalue weighted by Crippen LogP contribution is -2.17. The average molecular weight is 308 g/mol. The molecule has 0 aliphatic carbocycles. The number of aromatic amines is 1. The van der Waals surface area contributed by atoms with Gasteiger partial charge in [-0.1, -0.05) is 18.5 Å². The Morgan fingerprint density at radius 3 is 2.86 bits per heavy atom. The molecule has 2 rings (SSSR count). The fourth-order valence-electron chi connectivity index (χ4n) is 1.92. The van der Waals surface area contributed by atoms with Crippen LogP contribution in [0.25, 0.3) is 0 Å². The van der Waals surface area contributed by atoms with Crippen molar-refractivity contribution in [3.05, 3.63) is 34.9 Å². The Kier molecular flexibility index (Phi) is 4.80. The van der Waals surface area contributed by atoms with Gasteiger partial charge in [-0.25, -0.2) is 4.98 Å². The fraction of sp³-hybridized carbons (Fsp3) is 0.357. The minimum Gasteiger partial charge on any atom is -0.376 e. The minimum atomic E-state index is -0.362. The summed E-state index contributed by atoms with van der Waals surface area (Å²) in [6.07, 6.45) is 1.70. The first-order valence-corrected chi connectivity index (χ1v) is 7.08. The van der Waals surface area contributed by atoms with Crippen molar-refractivity contribution in [3.63, 3.8) is 0 Å². The molecule has 0 atom stereocenters. The van der Waals surface area contributed by atoms with E-state index in [2.05, 4.69) is 20.5 Å². The lowest BCUT2D eigenvalue weighted by Gasteiger charge is -2.17. The molecule has 1 heterocycles. The monoisotopic (exact) mass is 307 g/mol. The average Bonchev–Trinajstić information content (AvgIpc) is 2.87. The summed E-state index contributed by atoms with van der Waals surface area (Å²) in [7, 11) is 3.79. The van der Waals surface area contributed by atoms with Gasteiger partial charge in [-0.15, -0.1) is 5.10 Å². The number of anilines is 2. The lowest BCUT2D eigenvalue weighted by molar-refractivity contribution is 0.101. The molecule has 0 aliphatic rings. The Morgan fingerprint density at radius 2 is 2.19 bits per heavy atom. The van der Waals surface area contributed by atoms with Crippen LogP contribution in [0, 0.1) is 0 Å². The highest BCUT2D eigenvalue weighted by Gasteiger charge is 2.15. The molecule has 7 heteroatoms. The highest BCUT2D eigenvalue weighted by Crippen LogP contribution is 2.28. The van der Waals surface area contributed by atoms with Crippen molar-refractivity contribution in [2.45, 2.75) is 19.8 Å². The largest absolute Gasteiger partial charge is 0.376 e. The molecule has 0 fully saturated rings. The van der Waals surface area contributed by atoms with Crippen molar-refractivity contribution in [1.29, 1.82) is 0 Å². The highest BCUT2D eigenvalue weighted by molar-refractivity contribution is 6.31. The molecule has 0 radical (unpaired) electrons. The van der Waals surface area contributed by atoms with E-state index in [1.54, 1.807) is 12.1 Å². The lowest BCUT2D eigenvalue weighted by atomic mass is 10.2. The molecular formula is C14H18ClN5O. The predicted molar refractivity (Wildman–Crippen MR) is 84.1 cm³/mol. The van der Waals surface area contributed by atoms with Gasteiger partial charge in [0.25, 0.3) is 5.91 Å². The third kappa shape index (κ3) is 3.72. The Labute approximate surface area is 128 Å². The van der Waals surface area contributed by atoms with Gasteiger partial charge < -0.3 is 10.2 Å². The number of rotatable bonds is 5. The normalized spacial score (nSPS) is 10.5. The summed E-state index contributed by atoms with van der Waals surface area (Å²) in [6.45, 7) is 2.04. The standard InChI is InChI=1S/C14H18ClN5O/c1-4-5-12-17-13(19-18-12)14(21)16-10-8-9(15)6-7-11(10)20(2)3/h6-8H,4-5H2,1-3H3,(H,16,21)(H,17,18,19). The van der Waals surface area contributed by atoms with E-state index in [9.17, 15) is 4.79 Å². The van der Waals surface area contributed by atoms with Crippen LogP contribution in [0.15, 0.2) is 18.2 Å². The molecular weight excluding hydrogens is 290 g/mol. The maximum absolute atomic E-state index is 12.2. The molecule has 0 unspecified atom stereocenters. The summed E-state index contributed by atoms with van der Waals surface area (Å²) in [5, 5.41) is 10.0. The van der Waals surface area contributed by atoms with Crippen LogP contribution in [0.4, 0.5) is 11.4 Å². The van der Waals surface area contributed by atoms with Gasteiger partial charge >= 0.3 is 0 Å². The summed E-state index contributed by atoms with van der Waals surface area (Å²) >= 11 is 5.99. The molecule has 6 nitrogen and oxygen atoms in total. The number of nitrogens with one attached hydrogen (secondary N) is 2. The van der Waals surface area contributed by atoms with Crippen LogP contribution in [-0.4, -0.2) is 35.2 Å². The molecule has 1 aromatic carbocycles. The molecule has 0 aliphatic heterocycles. The summed E-state index contributed by atoms with van der Waals surface area (Å²) in [4.78, 5) is 18.3. The zero-order valence-electron chi connectivity index (χ0n) is 12.3. The Hall–Kier alpha value is -2.08. The van der Waals surface area contributed by atoms with E-state index in [4.69, 9.17) is 11.6 Å². The second kappa shape index (κ2) is 6.58. The number of nitrogens with zero attached hydrogens (tertiary/aromatic N) is 3.